The molecule has 0 spiro atoms. The Morgan fingerprint density at radius 3 is 2.12 bits per heavy atom. The Balaban J connectivity index is 1.60. The maximum atomic E-state index is 12.6. The van der Waals surface area contributed by atoms with E-state index in [4.69, 9.17) is 4.74 Å². The molecule has 1 fully saturated rings. The summed E-state index contributed by atoms with van der Waals surface area (Å²) in [6.07, 6.45) is 3.62. The molecule has 3 rings (SSSR count). The molecule has 1 saturated heterocycles. The Hall–Kier alpha value is -2.76. The molecule has 0 unspecified atom stereocenters. The van der Waals surface area contributed by atoms with E-state index in [0.29, 0.717) is 38.3 Å². The van der Waals surface area contributed by atoms with Crippen LogP contribution in [0.2, 0.25) is 0 Å². The molecule has 0 N–H and O–H groups in total. The Bertz CT molecular complexity index is 687. The Morgan fingerprint density at radius 1 is 0.958 bits per heavy atom. The Kier molecular flexibility index (Phi) is 4.84. The summed E-state index contributed by atoms with van der Waals surface area (Å²) in [6.45, 7) is 4.22. The predicted molar refractivity (Wildman–Crippen MR) is 90.3 cm³/mol. The molecule has 126 valence electrons. The summed E-state index contributed by atoms with van der Waals surface area (Å²) in [5.74, 6) is -0.00225. The number of aromatic nitrogens is 1. The molecular formula is C18H21N3O3. The summed E-state index contributed by atoms with van der Waals surface area (Å²) < 4.78 is 6.98. The molecule has 2 heterocycles. The Morgan fingerprint density at radius 2 is 1.54 bits per heavy atom. The highest BCUT2D eigenvalue weighted by Crippen LogP contribution is 2.13. The van der Waals surface area contributed by atoms with Crippen LogP contribution in [0.3, 0.4) is 0 Å². The number of rotatable bonds is 3. The largest absolute Gasteiger partial charge is 0.450 e. The maximum Gasteiger partial charge on any atom is 0.409 e. The van der Waals surface area contributed by atoms with E-state index in [2.05, 4.69) is 0 Å². The second-order valence-corrected chi connectivity index (χ2v) is 5.62. The second-order valence-electron chi connectivity index (χ2n) is 5.62. The third-order valence-electron chi connectivity index (χ3n) is 4.11. The molecule has 24 heavy (non-hydrogen) atoms. The van der Waals surface area contributed by atoms with Crippen LogP contribution in [-0.4, -0.2) is 59.2 Å². The van der Waals surface area contributed by atoms with E-state index < -0.39 is 0 Å². The van der Waals surface area contributed by atoms with Crippen molar-refractivity contribution >= 4 is 12.0 Å². The van der Waals surface area contributed by atoms with E-state index in [0.717, 1.165) is 5.69 Å². The van der Waals surface area contributed by atoms with Gasteiger partial charge in [0.1, 0.15) is 0 Å². The van der Waals surface area contributed by atoms with E-state index in [-0.39, 0.29) is 12.0 Å². The van der Waals surface area contributed by atoms with Gasteiger partial charge >= 0.3 is 6.09 Å². The molecule has 1 aliphatic heterocycles. The third kappa shape index (κ3) is 3.42. The summed E-state index contributed by atoms with van der Waals surface area (Å²) in [5, 5.41) is 0. The molecule has 1 aromatic heterocycles. The molecule has 0 bridgehead atoms. The van der Waals surface area contributed by atoms with Crippen molar-refractivity contribution in [2.24, 2.45) is 0 Å². The summed E-state index contributed by atoms with van der Waals surface area (Å²) in [7, 11) is 0. The lowest BCUT2D eigenvalue weighted by Gasteiger charge is -2.34. The average Bonchev–Trinajstić information content (AvgIpc) is 3.16. The smallest absolute Gasteiger partial charge is 0.409 e. The van der Waals surface area contributed by atoms with Crippen molar-refractivity contribution in [2.45, 2.75) is 6.92 Å². The first-order chi connectivity index (χ1) is 11.7. The second kappa shape index (κ2) is 7.21. The van der Waals surface area contributed by atoms with Crippen molar-refractivity contribution < 1.29 is 14.3 Å². The zero-order valence-corrected chi connectivity index (χ0v) is 13.7. The van der Waals surface area contributed by atoms with Crippen molar-refractivity contribution in [3.05, 3.63) is 54.4 Å². The van der Waals surface area contributed by atoms with Gasteiger partial charge in [-0.05, 0) is 43.3 Å². The highest BCUT2D eigenvalue weighted by atomic mass is 16.6. The quantitative estimate of drug-likeness (QED) is 0.870. The number of benzene rings is 1. The van der Waals surface area contributed by atoms with Gasteiger partial charge in [0, 0.05) is 49.8 Å². The zero-order valence-electron chi connectivity index (χ0n) is 13.7. The first-order valence-electron chi connectivity index (χ1n) is 8.13. The lowest BCUT2D eigenvalue weighted by Crippen LogP contribution is -2.50. The molecule has 0 radical (unpaired) electrons. The van der Waals surface area contributed by atoms with Gasteiger partial charge in [0.2, 0.25) is 0 Å². The van der Waals surface area contributed by atoms with Crippen LogP contribution in [0.1, 0.15) is 17.3 Å². The average molecular weight is 327 g/mol. The van der Waals surface area contributed by atoms with E-state index in [1.807, 2.05) is 53.4 Å². The topological polar surface area (TPSA) is 54.8 Å². The fourth-order valence-electron chi connectivity index (χ4n) is 2.77. The van der Waals surface area contributed by atoms with Gasteiger partial charge < -0.3 is 19.1 Å². The van der Waals surface area contributed by atoms with E-state index in [9.17, 15) is 9.59 Å². The lowest BCUT2D eigenvalue weighted by atomic mass is 10.1. The third-order valence-corrected chi connectivity index (χ3v) is 4.11. The SMILES string of the molecule is CCOC(=O)N1CCN(C(=O)c2ccc(-n3cccc3)cc2)CC1. The number of carbonyl (C=O) groups is 2. The molecule has 0 saturated carbocycles. The number of amides is 2. The summed E-state index contributed by atoms with van der Waals surface area (Å²) in [6, 6.07) is 11.5. The normalized spacial score (nSPS) is 14.5. The van der Waals surface area contributed by atoms with Crippen LogP contribution in [0.4, 0.5) is 4.79 Å². The fraction of sp³-hybridized carbons (Fsp3) is 0.333. The van der Waals surface area contributed by atoms with Crippen LogP contribution in [0.25, 0.3) is 5.69 Å². The van der Waals surface area contributed by atoms with Crippen molar-refractivity contribution in [3.63, 3.8) is 0 Å². The molecule has 0 aliphatic carbocycles. The lowest BCUT2D eigenvalue weighted by molar-refractivity contribution is 0.0570. The molecule has 6 heteroatoms. The first-order valence-corrected chi connectivity index (χ1v) is 8.13. The number of ether oxygens (including phenoxy) is 1. The number of carbonyl (C=O) groups excluding carboxylic acids is 2. The van der Waals surface area contributed by atoms with E-state index in [1.165, 1.54) is 0 Å². The van der Waals surface area contributed by atoms with Gasteiger partial charge in [-0.15, -0.1) is 0 Å². The van der Waals surface area contributed by atoms with Crippen LogP contribution >= 0.6 is 0 Å². The van der Waals surface area contributed by atoms with Gasteiger partial charge in [-0.3, -0.25) is 4.79 Å². The molecule has 1 aliphatic rings. The minimum Gasteiger partial charge on any atom is -0.450 e. The monoisotopic (exact) mass is 327 g/mol. The highest BCUT2D eigenvalue weighted by molar-refractivity contribution is 5.94. The summed E-state index contributed by atoms with van der Waals surface area (Å²) >= 11 is 0. The van der Waals surface area contributed by atoms with E-state index >= 15 is 0 Å². The van der Waals surface area contributed by atoms with Crippen LogP contribution in [0.5, 0.6) is 0 Å². The first kappa shape index (κ1) is 16.1. The molecule has 2 amide bonds. The standard InChI is InChI=1S/C18H21N3O3/c1-2-24-18(23)21-13-11-20(12-14-21)17(22)15-5-7-16(8-6-15)19-9-3-4-10-19/h3-10H,2,11-14H2,1H3. The van der Waals surface area contributed by atoms with Crippen molar-refractivity contribution in [2.75, 3.05) is 32.8 Å². The predicted octanol–water partition coefficient (Wildman–Crippen LogP) is 2.39. The molecule has 1 aromatic carbocycles. The fourth-order valence-corrected chi connectivity index (χ4v) is 2.77. The minimum atomic E-state index is -0.305. The minimum absolute atomic E-state index is 0.00225. The summed E-state index contributed by atoms with van der Waals surface area (Å²) in [4.78, 5) is 27.7. The zero-order chi connectivity index (χ0) is 16.9. The van der Waals surface area contributed by atoms with Crippen molar-refractivity contribution in [1.29, 1.82) is 0 Å². The molecular weight excluding hydrogens is 306 g/mol. The van der Waals surface area contributed by atoms with Crippen LogP contribution < -0.4 is 0 Å². The van der Waals surface area contributed by atoms with Gasteiger partial charge in [-0.1, -0.05) is 0 Å². The Labute approximate surface area is 141 Å². The number of piperazine rings is 1. The maximum absolute atomic E-state index is 12.6. The van der Waals surface area contributed by atoms with E-state index in [1.54, 1.807) is 16.7 Å². The highest BCUT2D eigenvalue weighted by Gasteiger charge is 2.25. The number of nitrogens with zero attached hydrogens (tertiary/aromatic N) is 3. The number of hydrogen-bond donors (Lipinski definition) is 0. The van der Waals surface area contributed by atoms with Crippen molar-refractivity contribution in [1.82, 2.24) is 14.4 Å². The van der Waals surface area contributed by atoms with Crippen molar-refractivity contribution in [3.8, 4) is 5.69 Å². The van der Waals surface area contributed by atoms with Gasteiger partial charge in [-0.25, -0.2) is 4.79 Å². The number of hydrogen-bond acceptors (Lipinski definition) is 3. The van der Waals surface area contributed by atoms with Crippen LogP contribution in [0, 0.1) is 0 Å². The molecule has 6 nitrogen and oxygen atoms in total. The van der Waals surface area contributed by atoms with Gasteiger partial charge in [-0.2, -0.15) is 0 Å². The van der Waals surface area contributed by atoms with Crippen LogP contribution in [-0.2, 0) is 4.74 Å². The molecule has 0 atom stereocenters. The van der Waals surface area contributed by atoms with Crippen LogP contribution in [0.15, 0.2) is 48.8 Å². The summed E-state index contributed by atoms with van der Waals surface area (Å²) in [5.41, 5.74) is 1.68. The van der Waals surface area contributed by atoms with Gasteiger partial charge in [0.15, 0.2) is 0 Å². The van der Waals surface area contributed by atoms with Gasteiger partial charge in [0.25, 0.3) is 5.91 Å². The molecule has 2 aromatic rings. The van der Waals surface area contributed by atoms with Gasteiger partial charge in [0.05, 0.1) is 6.61 Å².